The molecule has 1 saturated carbocycles. The van der Waals surface area contributed by atoms with E-state index in [-0.39, 0.29) is 6.10 Å². The van der Waals surface area contributed by atoms with Gasteiger partial charge in [-0.3, -0.25) is 0 Å². The van der Waals surface area contributed by atoms with Crippen LogP contribution >= 0.6 is 0 Å². The normalized spacial score (nSPS) is 17.2. The summed E-state index contributed by atoms with van der Waals surface area (Å²) in [6.07, 6.45) is 2.89. The van der Waals surface area contributed by atoms with Crippen LogP contribution in [-0.2, 0) is 11.3 Å². The molecule has 0 heterocycles. The zero-order valence-corrected chi connectivity index (χ0v) is 13.8. The number of aliphatic hydroxyl groups is 1. The second-order valence-corrected chi connectivity index (χ2v) is 6.52. The summed E-state index contributed by atoms with van der Waals surface area (Å²) < 4.78 is 11.0. The fraction of sp³-hybridized carbons (Fsp3) is 0.667. The summed E-state index contributed by atoms with van der Waals surface area (Å²) in [5.74, 6) is 0.948. The summed E-state index contributed by atoms with van der Waals surface area (Å²) in [5, 5.41) is 13.0. The Bertz CT molecular complexity index is 428. The van der Waals surface area contributed by atoms with E-state index >= 15 is 0 Å². The molecule has 2 rings (SSSR count). The molecule has 0 aromatic heterocycles. The van der Waals surface area contributed by atoms with Crippen LogP contribution in [-0.4, -0.2) is 37.6 Å². The molecule has 0 spiro atoms. The highest BCUT2D eigenvalue weighted by Crippen LogP contribution is 2.45. The lowest BCUT2D eigenvalue weighted by Gasteiger charge is -2.12. The third kappa shape index (κ3) is 6.34. The van der Waals surface area contributed by atoms with E-state index in [1.807, 2.05) is 19.1 Å². The van der Waals surface area contributed by atoms with Gasteiger partial charge in [-0.05, 0) is 50.4 Å². The van der Waals surface area contributed by atoms with E-state index in [0.29, 0.717) is 25.0 Å². The quantitative estimate of drug-likeness (QED) is 0.617. The second-order valence-electron chi connectivity index (χ2n) is 6.52. The van der Waals surface area contributed by atoms with Gasteiger partial charge in [-0.15, -0.1) is 0 Å². The van der Waals surface area contributed by atoms with Crippen LogP contribution in [0.1, 0.15) is 38.7 Å². The smallest absolute Gasteiger partial charge is 0.119 e. The third-order valence-corrected chi connectivity index (χ3v) is 4.11. The van der Waals surface area contributed by atoms with Crippen LogP contribution in [0.5, 0.6) is 5.75 Å². The van der Waals surface area contributed by atoms with Crippen LogP contribution in [0, 0.1) is 5.41 Å². The van der Waals surface area contributed by atoms with Crippen LogP contribution in [0.15, 0.2) is 24.3 Å². The number of hydrogen-bond donors (Lipinski definition) is 2. The van der Waals surface area contributed by atoms with Crippen molar-refractivity contribution in [2.45, 2.75) is 45.8 Å². The molecule has 0 amide bonds. The topological polar surface area (TPSA) is 50.7 Å². The second kappa shape index (κ2) is 8.51. The molecule has 2 N–H and O–H groups in total. The average molecular weight is 307 g/mol. The summed E-state index contributed by atoms with van der Waals surface area (Å²) in [6.45, 7) is 7.68. The lowest BCUT2D eigenvalue weighted by atomic mass is 10.1. The van der Waals surface area contributed by atoms with Gasteiger partial charge in [-0.2, -0.15) is 0 Å². The van der Waals surface area contributed by atoms with Crippen LogP contribution in [0.3, 0.4) is 0 Å². The molecule has 1 fully saturated rings. The minimum atomic E-state index is -0.382. The molecule has 1 unspecified atom stereocenters. The summed E-state index contributed by atoms with van der Waals surface area (Å²) in [6, 6.07) is 8.25. The molecule has 22 heavy (non-hydrogen) atoms. The van der Waals surface area contributed by atoms with Crippen molar-refractivity contribution in [3.63, 3.8) is 0 Å². The molecule has 0 aliphatic heterocycles. The van der Waals surface area contributed by atoms with E-state index in [1.165, 1.54) is 18.4 Å². The van der Waals surface area contributed by atoms with E-state index in [4.69, 9.17) is 9.47 Å². The Hall–Kier alpha value is -1.10. The van der Waals surface area contributed by atoms with E-state index in [9.17, 15) is 5.11 Å². The standard InChI is InChI=1S/C18H29NO3/c1-3-21-13-16(20)8-11-19-12-15-4-6-17(7-5-15)22-14-18(2)9-10-18/h4-7,16,19-20H,3,8-14H2,1-2H3. The number of benzene rings is 1. The number of hydrogen-bond acceptors (Lipinski definition) is 4. The van der Waals surface area contributed by atoms with Crippen LogP contribution in [0.4, 0.5) is 0 Å². The van der Waals surface area contributed by atoms with Crippen molar-refractivity contribution >= 4 is 0 Å². The largest absolute Gasteiger partial charge is 0.493 e. The zero-order valence-electron chi connectivity index (χ0n) is 13.8. The van der Waals surface area contributed by atoms with E-state index in [0.717, 1.165) is 25.4 Å². The molecule has 0 saturated heterocycles. The first-order valence-corrected chi connectivity index (χ1v) is 8.29. The van der Waals surface area contributed by atoms with Crippen molar-refractivity contribution in [2.24, 2.45) is 5.41 Å². The van der Waals surface area contributed by atoms with Crippen LogP contribution in [0.2, 0.25) is 0 Å². The summed E-state index contributed by atoms with van der Waals surface area (Å²) in [4.78, 5) is 0. The first kappa shape index (κ1) is 17.3. The van der Waals surface area contributed by atoms with Crippen LogP contribution < -0.4 is 10.1 Å². The van der Waals surface area contributed by atoms with E-state index in [1.54, 1.807) is 0 Å². The Kier molecular flexibility index (Phi) is 6.68. The minimum Gasteiger partial charge on any atom is -0.493 e. The lowest BCUT2D eigenvalue weighted by molar-refractivity contribution is 0.0383. The van der Waals surface area contributed by atoms with Gasteiger partial charge < -0.3 is 19.9 Å². The molecule has 1 aromatic rings. The number of nitrogens with one attached hydrogen (secondary N) is 1. The molecule has 4 heteroatoms. The van der Waals surface area contributed by atoms with Gasteiger partial charge in [0.05, 0.1) is 19.3 Å². The van der Waals surface area contributed by atoms with Crippen molar-refractivity contribution in [3.8, 4) is 5.75 Å². The zero-order chi connectivity index (χ0) is 15.8. The highest BCUT2D eigenvalue weighted by atomic mass is 16.5. The highest BCUT2D eigenvalue weighted by Gasteiger charge is 2.38. The Morgan fingerprint density at radius 3 is 2.64 bits per heavy atom. The maximum Gasteiger partial charge on any atom is 0.119 e. The SMILES string of the molecule is CCOCC(O)CCNCc1ccc(OCC2(C)CC2)cc1. The summed E-state index contributed by atoms with van der Waals surface area (Å²) in [7, 11) is 0. The average Bonchev–Trinajstić information content (AvgIpc) is 3.27. The Morgan fingerprint density at radius 1 is 1.27 bits per heavy atom. The number of ether oxygens (including phenoxy) is 2. The van der Waals surface area contributed by atoms with Crippen molar-refractivity contribution < 1.29 is 14.6 Å². The Morgan fingerprint density at radius 2 is 2.00 bits per heavy atom. The third-order valence-electron chi connectivity index (χ3n) is 4.11. The molecular weight excluding hydrogens is 278 g/mol. The predicted octanol–water partition coefficient (Wildman–Crippen LogP) is 2.74. The lowest BCUT2D eigenvalue weighted by Crippen LogP contribution is -2.23. The maximum atomic E-state index is 9.66. The Labute approximate surface area is 133 Å². The van der Waals surface area contributed by atoms with Crippen LogP contribution in [0.25, 0.3) is 0 Å². The van der Waals surface area contributed by atoms with E-state index < -0.39 is 0 Å². The highest BCUT2D eigenvalue weighted by molar-refractivity contribution is 5.27. The number of aliphatic hydroxyl groups excluding tert-OH is 1. The summed E-state index contributed by atoms with van der Waals surface area (Å²) >= 11 is 0. The predicted molar refractivity (Wildman–Crippen MR) is 88.1 cm³/mol. The van der Waals surface area contributed by atoms with Gasteiger partial charge in [0.1, 0.15) is 5.75 Å². The van der Waals surface area contributed by atoms with Gasteiger partial charge in [0.25, 0.3) is 0 Å². The molecule has 1 atom stereocenters. The molecule has 124 valence electrons. The summed E-state index contributed by atoms with van der Waals surface area (Å²) in [5.41, 5.74) is 1.65. The van der Waals surface area contributed by atoms with Crippen molar-refractivity contribution in [3.05, 3.63) is 29.8 Å². The fourth-order valence-corrected chi connectivity index (χ4v) is 2.16. The molecule has 1 aromatic carbocycles. The first-order chi connectivity index (χ1) is 10.6. The Balaban J connectivity index is 1.59. The van der Waals surface area contributed by atoms with E-state index in [2.05, 4.69) is 24.4 Å². The monoisotopic (exact) mass is 307 g/mol. The first-order valence-electron chi connectivity index (χ1n) is 8.29. The van der Waals surface area contributed by atoms with Crippen molar-refractivity contribution in [1.82, 2.24) is 5.32 Å². The number of rotatable bonds is 11. The fourth-order valence-electron chi connectivity index (χ4n) is 2.16. The molecule has 0 radical (unpaired) electrons. The van der Waals surface area contributed by atoms with Gasteiger partial charge in [-0.1, -0.05) is 19.1 Å². The van der Waals surface area contributed by atoms with Gasteiger partial charge >= 0.3 is 0 Å². The molecular formula is C18H29NO3. The molecule has 1 aliphatic rings. The van der Waals surface area contributed by atoms with Gasteiger partial charge in [0.15, 0.2) is 0 Å². The van der Waals surface area contributed by atoms with Gasteiger partial charge in [0, 0.05) is 18.6 Å². The molecule has 1 aliphatic carbocycles. The van der Waals surface area contributed by atoms with Gasteiger partial charge in [0.2, 0.25) is 0 Å². The van der Waals surface area contributed by atoms with Crippen molar-refractivity contribution in [1.29, 1.82) is 0 Å². The van der Waals surface area contributed by atoms with Gasteiger partial charge in [-0.25, -0.2) is 0 Å². The minimum absolute atomic E-state index is 0.382. The van der Waals surface area contributed by atoms with Crippen molar-refractivity contribution in [2.75, 3.05) is 26.4 Å². The molecule has 0 bridgehead atoms. The molecule has 4 nitrogen and oxygen atoms in total. The maximum absolute atomic E-state index is 9.66.